The molecule has 0 spiro atoms. The Morgan fingerprint density at radius 1 is 1.24 bits per heavy atom. The van der Waals surface area contributed by atoms with Gasteiger partial charge in [0, 0.05) is 23.7 Å². The first-order chi connectivity index (χ1) is 12.1. The first-order valence-corrected chi connectivity index (χ1v) is 9.74. The molecule has 0 radical (unpaired) electrons. The number of nitrogen functional groups attached to an aromatic ring is 1. The lowest BCUT2D eigenvalue weighted by molar-refractivity contribution is -0.130. The van der Waals surface area contributed by atoms with Crippen LogP contribution in [-0.2, 0) is 4.79 Å². The van der Waals surface area contributed by atoms with Gasteiger partial charge in [0.15, 0.2) is 5.82 Å². The van der Waals surface area contributed by atoms with Gasteiger partial charge in [-0.15, -0.1) is 10.2 Å². The summed E-state index contributed by atoms with van der Waals surface area (Å²) in [5, 5.41) is 9.17. The second-order valence-corrected chi connectivity index (χ2v) is 7.93. The highest BCUT2D eigenvalue weighted by atomic mass is 35.5. The Kier molecular flexibility index (Phi) is 5.86. The zero-order valence-corrected chi connectivity index (χ0v) is 15.8. The summed E-state index contributed by atoms with van der Waals surface area (Å²) in [5.41, 5.74) is 0.792. The first kappa shape index (κ1) is 18.1. The van der Waals surface area contributed by atoms with Crippen LogP contribution in [0, 0.1) is 0 Å². The number of carbonyl (C=O) groups is 1. The van der Waals surface area contributed by atoms with E-state index >= 15 is 0 Å². The number of rotatable bonds is 4. The largest absolute Gasteiger partial charge is 0.342 e. The van der Waals surface area contributed by atoms with Gasteiger partial charge in [-0.3, -0.25) is 4.79 Å². The molecule has 1 aromatic heterocycles. The van der Waals surface area contributed by atoms with E-state index in [0.29, 0.717) is 16.0 Å². The standard InChI is InChI=1S/C17H22ClN5OS/c1-12(16(24)22-9-4-2-3-5-10-22)25-17-21-20-15(23(17)19)13-7-6-8-14(18)11-13/h6-8,11-12H,2-5,9-10,19H2,1H3/t12-/m1/s1. The fourth-order valence-electron chi connectivity index (χ4n) is 2.94. The number of hydrogen-bond donors (Lipinski definition) is 1. The van der Waals surface area contributed by atoms with Gasteiger partial charge in [0.25, 0.3) is 0 Å². The molecular formula is C17H22ClN5OS. The minimum absolute atomic E-state index is 0.138. The first-order valence-electron chi connectivity index (χ1n) is 8.48. The molecule has 134 valence electrons. The van der Waals surface area contributed by atoms with Crippen LogP contribution in [0.3, 0.4) is 0 Å². The van der Waals surface area contributed by atoms with Crippen LogP contribution in [-0.4, -0.2) is 44.0 Å². The van der Waals surface area contributed by atoms with Crippen molar-refractivity contribution in [1.82, 2.24) is 19.8 Å². The summed E-state index contributed by atoms with van der Waals surface area (Å²) >= 11 is 7.36. The zero-order valence-electron chi connectivity index (χ0n) is 14.2. The molecule has 1 fully saturated rings. The molecule has 1 aliphatic heterocycles. The van der Waals surface area contributed by atoms with Gasteiger partial charge in [-0.25, -0.2) is 4.68 Å². The Hall–Kier alpha value is -1.73. The molecule has 1 amide bonds. The SMILES string of the molecule is C[C@@H](Sc1nnc(-c2cccc(Cl)c2)n1N)C(=O)N1CCCCCC1. The topological polar surface area (TPSA) is 77.0 Å². The number of thioether (sulfide) groups is 1. The highest BCUT2D eigenvalue weighted by Gasteiger charge is 2.24. The minimum atomic E-state index is -0.253. The van der Waals surface area contributed by atoms with Crippen molar-refractivity contribution in [2.75, 3.05) is 18.9 Å². The third-order valence-corrected chi connectivity index (χ3v) is 5.57. The normalized spacial score (nSPS) is 16.5. The maximum absolute atomic E-state index is 12.7. The van der Waals surface area contributed by atoms with Crippen molar-refractivity contribution in [2.45, 2.75) is 43.0 Å². The Morgan fingerprint density at radius 2 is 1.96 bits per heavy atom. The molecule has 0 unspecified atom stereocenters. The summed E-state index contributed by atoms with van der Waals surface area (Å²) in [6, 6.07) is 7.29. The van der Waals surface area contributed by atoms with Gasteiger partial charge in [0.1, 0.15) is 0 Å². The summed E-state index contributed by atoms with van der Waals surface area (Å²) in [4.78, 5) is 14.6. The molecule has 6 nitrogen and oxygen atoms in total. The van der Waals surface area contributed by atoms with Gasteiger partial charge >= 0.3 is 0 Å². The van der Waals surface area contributed by atoms with Crippen LogP contribution in [0.15, 0.2) is 29.4 Å². The number of nitrogens with two attached hydrogens (primary N) is 1. The van der Waals surface area contributed by atoms with Crippen molar-refractivity contribution in [1.29, 1.82) is 0 Å². The van der Waals surface area contributed by atoms with Gasteiger partial charge in [-0.1, -0.05) is 48.3 Å². The monoisotopic (exact) mass is 379 g/mol. The van der Waals surface area contributed by atoms with Gasteiger partial charge in [0.05, 0.1) is 5.25 Å². The third-order valence-electron chi connectivity index (χ3n) is 4.30. The highest BCUT2D eigenvalue weighted by Crippen LogP contribution is 2.27. The molecular weight excluding hydrogens is 358 g/mol. The van der Waals surface area contributed by atoms with E-state index in [-0.39, 0.29) is 11.2 Å². The highest BCUT2D eigenvalue weighted by molar-refractivity contribution is 8.00. The number of halogens is 1. The summed E-state index contributed by atoms with van der Waals surface area (Å²) in [6.07, 6.45) is 4.56. The Bertz CT molecular complexity index is 742. The van der Waals surface area contributed by atoms with Crippen molar-refractivity contribution in [3.05, 3.63) is 29.3 Å². The van der Waals surface area contributed by atoms with E-state index in [0.717, 1.165) is 31.5 Å². The molecule has 1 atom stereocenters. The number of hydrogen-bond acceptors (Lipinski definition) is 5. The fraction of sp³-hybridized carbons (Fsp3) is 0.471. The second-order valence-electron chi connectivity index (χ2n) is 6.19. The Balaban J connectivity index is 1.71. The molecule has 2 N–H and O–H groups in total. The number of nitrogens with zero attached hydrogens (tertiary/aromatic N) is 4. The van der Waals surface area contributed by atoms with E-state index < -0.39 is 0 Å². The van der Waals surface area contributed by atoms with Crippen molar-refractivity contribution >= 4 is 29.3 Å². The lowest BCUT2D eigenvalue weighted by Gasteiger charge is -2.23. The minimum Gasteiger partial charge on any atom is -0.342 e. The van der Waals surface area contributed by atoms with Crippen LogP contribution in [0.2, 0.25) is 5.02 Å². The lowest BCUT2D eigenvalue weighted by Crippen LogP contribution is -2.37. The number of amides is 1. The van der Waals surface area contributed by atoms with Gasteiger partial charge < -0.3 is 10.7 Å². The number of benzene rings is 1. The Morgan fingerprint density at radius 3 is 2.64 bits per heavy atom. The summed E-state index contributed by atoms with van der Waals surface area (Å²) in [7, 11) is 0. The quantitative estimate of drug-likeness (QED) is 0.652. The van der Waals surface area contributed by atoms with E-state index in [2.05, 4.69) is 10.2 Å². The number of likely N-dealkylation sites (tertiary alicyclic amines) is 1. The molecule has 1 aliphatic rings. The molecule has 1 saturated heterocycles. The van der Waals surface area contributed by atoms with Crippen LogP contribution < -0.4 is 5.84 Å². The van der Waals surface area contributed by atoms with Gasteiger partial charge in [-0.2, -0.15) is 0 Å². The molecule has 1 aromatic carbocycles. The zero-order chi connectivity index (χ0) is 17.8. The van der Waals surface area contributed by atoms with E-state index in [1.54, 1.807) is 12.1 Å². The molecule has 25 heavy (non-hydrogen) atoms. The van der Waals surface area contributed by atoms with E-state index in [4.69, 9.17) is 17.4 Å². The predicted molar refractivity (Wildman–Crippen MR) is 101 cm³/mol. The molecule has 0 bridgehead atoms. The maximum atomic E-state index is 12.7. The van der Waals surface area contributed by atoms with Crippen LogP contribution in [0.1, 0.15) is 32.6 Å². The van der Waals surface area contributed by atoms with Crippen molar-refractivity contribution in [3.63, 3.8) is 0 Å². The van der Waals surface area contributed by atoms with Crippen molar-refractivity contribution < 1.29 is 4.79 Å². The summed E-state index contributed by atoms with van der Waals surface area (Å²) in [6.45, 7) is 3.57. The number of aromatic nitrogens is 3. The third kappa shape index (κ3) is 4.27. The van der Waals surface area contributed by atoms with E-state index in [9.17, 15) is 4.79 Å². The summed E-state index contributed by atoms with van der Waals surface area (Å²) < 4.78 is 1.42. The van der Waals surface area contributed by atoms with Crippen molar-refractivity contribution in [3.8, 4) is 11.4 Å². The fourth-order valence-corrected chi connectivity index (χ4v) is 3.98. The molecule has 8 heteroatoms. The lowest BCUT2D eigenvalue weighted by atomic mass is 10.2. The molecule has 2 aromatic rings. The average Bonchev–Trinajstić information content (AvgIpc) is 2.80. The molecule has 0 saturated carbocycles. The van der Waals surface area contributed by atoms with Crippen molar-refractivity contribution in [2.24, 2.45) is 0 Å². The predicted octanol–water partition coefficient (Wildman–Crippen LogP) is 3.20. The molecule has 0 aliphatic carbocycles. The smallest absolute Gasteiger partial charge is 0.235 e. The number of carbonyl (C=O) groups excluding carboxylic acids is 1. The van der Waals surface area contributed by atoms with Crippen LogP contribution >= 0.6 is 23.4 Å². The van der Waals surface area contributed by atoms with E-state index in [1.165, 1.54) is 29.3 Å². The Labute approximate surface area is 156 Å². The second kappa shape index (κ2) is 8.10. The maximum Gasteiger partial charge on any atom is 0.235 e. The van der Waals surface area contributed by atoms with Crippen LogP contribution in [0.5, 0.6) is 0 Å². The molecule has 2 heterocycles. The van der Waals surface area contributed by atoms with Gasteiger partial charge in [-0.05, 0) is 31.9 Å². The van der Waals surface area contributed by atoms with Crippen LogP contribution in [0.25, 0.3) is 11.4 Å². The van der Waals surface area contributed by atoms with Gasteiger partial charge in [0.2, 0.25) is 11.1 Å². The molecule has 3 rings (SSSR count). The average molecular weight is 380 g/mol. The van der Waals surface area contributed by atoms with E-state index in [1.807, 2.05) is 24.0 Å². The van der Waals surface area contributed by atoms with Crippen LogP contribution in [0.4, 0.5) is 0 Å². The summed E-state index contributed by atoms with van der Waals surface area (Å²) in [5.74, 6) is 6.81.